The summed E-state index contributed by atoms with van der Waals surface area (Å²) in [4.78, 5) is 13.6. The van der Waals surface area contributed by atoms with Crippen LogP contribution in [0.4, 0.5) is 5.82 Å². The molecule has 3 rings (SSSR count). The summed E-state index contributed by atoms with van der Waals surface area (Å²) in [6, 6.07) is 0.877. The van der Waals surface area contributed by atoms with E-state index in [0.29, 0.717) is 5.88 Å². The summed E-state index contributed by atoms with van der Waals surface area (Å²) >= 11 is 5.70. The highest BCUT2D eigenvalue weighted by atomic mass is 35.5. The number of halogens is 1. The van der Waals surface area contributed by atoms with Gasteiger partial charge in [-0.25, -0.2) is 4.98 Å². The van der Waals surface area contributed by atoms with E-state index in [4.69, 9.17) is 11.6 Å². The van der Waals surface area contributed by atoms with Gasteiger partial charge in [0.05, 0.1) is 24.0 Å². The number of piperazine rings is 1. The first-order valence-corrected chi connectivity index (χ1v) is 6.76. The van der Waals surface area contributed by atoms with Gasteiger partial charge in [-0.2, -0.15) is 0 Å². The molecule has 0 amide bonds. The molecular weight excluding hydrogens is 236 g/mol. The number of alkyl halides is 1. The van der Waals surface area contributed by atoms with Crippen molar-refractivity contribution >= 4 is 17.4 Å². The van der Waals surface area contributed by atoms with Crippen LogP contribution >= 0.6 is 11.6 Å². The molecule has 0 spiro atoms. The molecule has 4 nitrogen and oxygen atoms in total. The first-order valence-electron chi connectivity index (χ1n) is 6.22. The van der Waals surface area contributed by atoms with Crippen LogP contribution in [0.25, 0.3) is 0 Å². The lowest BCUT2D eigenvalue weighted by molar-refractivity contribution is 0.247. The van der Waals surface area contributed by atoms with Gasteiger partial charge in [0.2, 0.25) is 0 Å². The smallest absolute Gasteiger partial charge is 0.147 e. The summed E-state index contributed by atoms with van der Waals surface area (Å²) in [5.74, 6) is 1.41. The average Bonchev–Trinajstić information content (AvgIpc) is 3.24. The zero-order valence-corrected chi connectivity index (χ0v) is 10.6. The number of aromatic nitrogens is 2. The van der Waals surface area contributed by atoms with Crippen molar-refractivity contribution < 1.29 is 0 Å². The fourth-order valence-electron chi connectivity index (χ4n) is 2.34. The third-order valence-electron chi connectivity index (χ3n) is 3.53. The van der Waals surface area contributed by atoms with Gasteiger partial charge in [-0.05, 0) is 12.8 Å². The van der Waals surface area contributed by atoms with E-state index in [0.717, 1.165) is 43.7 Å². The topological polar surface area (TPSA) is 32.3 Å². The Morgan fingerprint density at radius 3 is 2.41 bits per heavy atom. The predicted molar refractivity (Wildman–Crippen MR) is 68.4 cm³/mol. The van der Waals surface area contributed by atoms with Crippen LogP contribution in [0.15, 0.2) is 12.4 Å². The van der Waals surface area contributed by atoms with Crippen LogP contribution in [0.3, 0.4) is 0 Å². The normalized spacial score (nSPS) is 21.8. The van der Waals surface area contributed by atoms with Crippen LogP contribution in [-0.2, 0) is 5.88 Å². The Labute approximate surface area is 107 Å². The second-order valence-electron chi connectivity index (χ2n) is 4.75. The minimum Gasteiger partial charge on any atom is -0.353 e. The largest absolute Gasteiger partial charge is 0.353 e. The lowest BCUT2D eigenvalue weighted by Crippen LogP contribution is -2.47. The van der Waals surface area contributed by atoms with Gasteiger partial charge in [0.1, 0.15) is 5.82 Å². The SMILES string of the molecule is ClCc1cnc(N2CCN(C3CC3)CC2)cn1. The van der Waals surface area contributed by atoms with Crippen LogP contribution in [-0.4, -0.2) is 47.1 Å². The third kappa shape index (κ3) is 2.53. The molecule has 92 valence electrons. The van der Waals surface area contributed by atoms with Crippen LogP contribution in [0.5, 0.6) is 0 Å². The third-order valence-corrected chi connectivity index (χ3v) is 3.80. The molecule has 0 radical (unpaired) electrons. The van der Waals surface area contributed by atoms with E-state index in [2.05, 4.69) is 19.8 Å². The van der Waals surface area contributed by atoms with Crippen molar-refractivity contribution in [2.45, 2.75) is 24.8 Å². The lowest BCUT2D eigenvalue weighted by Gasteiger charge is -2.35. The molecule has 0 aromatic carbocycles. The Morgan fingerprint density at radius 1 is 1.12 bits per heavy atom. The molecule has 2 fully saturated rings. The molecule has 1 aliphatic carbocycles. The number of nitrogens with zero attached hydrogens (tertiary/aromatic N) is 4. The molecule has 0 N–H and O–H groups in total. The molecule has 5 heteroatoms. The molecule has 2 aliphatic rings. The van der Waals surface area contributed by atoms with Gasteiger partial charge < -0.3 is 4.90 Å². The minimum absolute atomic E-state index is 0.433. The summed E-state index contributed by atoms with van der Waals surface area (Å²) in [5, 5.41) is 0. The van der Waals surface area contributed by atoms with Gasteiger partial charge in [0.25, 0.3) is 0 Å². The van der Waals surface area contributed by atoms with E-state index in [1.54, 1.807) is 6.20 Å². The van der Waals surface area contributed by atoms with Crippen LogP contribution in [0, 0.1) is 0 Å². The highest BCUT2D eigenvalue weighted by molar-refractivity contribution is 6.16. The second-order valence-corrected chi connectivity index (χ2v) is 5.02. The maximum Gasteiger partial charge on any atom is 0.147 e. The Bertz CT molecular complexity index is 369. The van der Waals surface area contributed by atoms with E-state index in [-0.39, 0.29) is 0 Å². The van der Waals surface area contributed by atoms with Crippen LogP contribution in [0.1, 0.15) is 18.5 Å². The Morgan fingerprint density at radius 2 is 1.88 bits per heavy atom. The quantitative estimate of drug-likeness (QED) is 0.764. The molecule has 1 aromatic rings. The van der Waals surface area contributed by atoms with Crippen molar-refractivity contribution in [1.29, 1.82) is 0 Å². The Balaban J connectivity index is 1.60. The van der Waals surface area contributed by atoms with Crippen molar-refractivity contribution in [2.75, 3.05) is 31.1 Å². The first-order chi connectivity index (χ1) is 8.36. The van der Waals surface area contributed by atoms with Gasteiger partial charge >= 0.3 is 0 Å². The van der Waals surface area contributed by atoms with Crippen molar-refractivity contribution in [3.8, 4) is 0 Å². The number of hydrogen-bond acceptors (Lipinski definition) is 4. The standard InChI is InChI=1S/C12H17ClN4/c13-7-10-8-15-12(9-14-10)17-5-3-16(4-6-17)11-1-2-11/h8-9,11H,1-7H2. The molecule has 17 heavy (non-hydrogen) atoms. The van der Waals surface area contributed by atoms with Crippen molar-refractivity contribution in [3.05, 3.63) is 18.1 Å². The average molecular weight is 253 g/mol. The molecule has 1 saturated heterocycles. The highest BCUT2D eigenvalue weighted by Crippen LogP contribution is 2.28. The van der Waals surface area contributed by atoms with E-state index >= 15 is 0 Å². The van der Waals surface area contributed by atoms with E-state index < -0.39 is 0 Å². The fraction of sp³-hybridized carbons (Fsp3) is 0.667. The zero-order chi connectivity index (χ0) is 11.7. The molecule has 0 unspecified atom stereocenters. The van der Waals surface area contributed by atoms with Gasteiger partial charge in [0, 0.05) is 32.2 Å². The molecule has 1 saturated carbocycles. The summed E-state index contributed by atoms with van der Waals surface area (Å²) in [5.41, 5.74) is 0.840. The molecule has 0 atom stereocenters. The monoisotopic (exact) mass is 252 g/mol. The Hall–Kier alpha value is -0.870. The summed E-state index contributed by atoms with van der Waals surface area (Å²) in [7, 11) is 0. The van der Waals surface area contributed by atoms with Crippen LogP contribution in [0.2, 0.25) is 0 Å². The minimum atomic E-state index is 0.433. The van der Waals surface area contributed by atoms with E-state index in [9.17, 15) is 0 Å². The van der Waals surface area contributed by atoms with Crippen molar-refractivity contribution in [1.82, 2.24) is 14.9 Å². The highest BCUT2D eigenvalue weighted by Gasteiger charge is 2.31. The predicted octanol–water partition coefficient (Wildman–Crippen LogP) is 1.50. The summed E-state index contributed by atoms with van der Waals surface area (Å²) < 4.78 is 0. The Kier molecular flexibility index (Phi) is 3.16. The first kappa shape index (κ1) is 11.2. The van der Waals surface area contributed by atoms with Crippen molar-refractivity contribution in [2.24, 2.45) is 0 Å². The lowest BCUT2D eigenvalue weighted by atomic mass is 10.3. The molecule has 1 aromatic heterocycles. The molecule has 0 bridgehead atoms. The molecular formula is C12H17ClN4. The van der Waals surface area contributed by atoms with E-state index in [1.807, 2.05) is 6.20 Å². The van der Waals surface area contributed by atoms with Gasteiger partial charge in [-0.3, -0.25) is 9.88 Å². The van der Waals surface area contributed by atoms with Gasteiger partial charge in [-0.1, -0.05) is 0 Å². The summed E-state index contributed by atoms with van der Waals surface area (Å²) in [6.45, 7) is 4.43. The van der Waals surface area contributed by atoms with Crippen molar-refractivity contribution in [3.63, 3.8) is 0 Å². The maximum absolute atomic E-state index is 5.70. The molecule has 1 aliphatic heterocycles. The summed E-state index contributed by atoms with van der Waals surface area (Å²) in [6.07, 6.45) is 6.40. The fourth-order valence-corrected chi connectivity index (χ4v) is 2.47. The second kappa shape index (κ2) is 4.78. The van der Waals surface area contributed by atoms with Crippen LogP contribution < -0.4 is 4.90 Å². The van der Waals surface area contributed by atoms with E-state index in [1.165, 1.54) is 12.8 Å². The van der Waals surface area contributed by atoms with Gasteiger partial charge in [0.15, 0.2) is 0 Å². The number of rotatable bonds is 3. The van der Waals surface area contributed by atoms with Gasteiger partial charge in [-0.15, -0.1) is 11.6 Å². The zero-order valence-electron chi connectivity index (χ0n) is 9.85. The number of anilines is 1. The molecule has 2 heterocycles. The maximum atomic E-state index is 5.70. The number of hydrogen-bond donors (Lipinski definition) is 0.